The van der Waals surface area contributed by atoms with Crippen molar-refractivity contribution in [1.29, 1.82) is 0 Å². The molecule has 0 fully saturated rings. The number of ether oxygens (including phenoxy) is 2. The zero-order valence-electron chi connectivity index (χ0n) is 13.8. The number of pyridine rings is 2. The van der Waals surface area contributed by atoms with Gasteiger partial charge in [0.05, 0.1) is 11.4 Å². The molecule has 2 aromatic heterocycles. The van der Waals surface area contributed by atoms with Gasteiger partial charge >= 0.3 is 0 Å². The zero-order valence-corrected chi connectivity index (χ0v) is 13.8. The van der Waals surface area contributed by atoms with Crippen LogP contribution in [0, 0.1) is 0 Å². The fraction of sp³-hybridized carbons (Fsp3) is 0. The summed E-state index contributed by atoms with van der Waals surface area (Å²) in [6.45, 7) is 0. The highest BCUT2D eigenvalue weighted by molar-refractivity contribution is 5.64. The Labute approximate surface area is 150 Å². The monoisotopic (exact) mass is 338 g/mol. The fourth-order valence-corrected chi connectivity index (χ4v) is 2.94. The van der Waals surface area contributed by atoms with Crippen molar-refractivity contribution in [3.63, 3.8) is 0 Å². The predicted molar refractivity (Wildman–Crippen MR) is 99.5 cm³/mol. The zero-order chi connectivity index (χ0) is 17.3. The molecular weight excluding hydrogens is 324 g/mol. The molecule has 4 heteroatoms. The minimum Gasteiger partial charge on any atom is -0.439 e. The van der Waals surface area contributed by atoms with E-state index < -0.39 is 0 Å². The van der Waals surface area contributed by atoms with E-state index in [-0.39, 0.29) is 0 Å². The van der Waals surface area contributed by atoms with Crippen LogP contribution in [-0.2, 0) is 0 Å². The maximum atomic E-state index is 5.98. The van der Waals surface area contributed by atoms with Crippen LogP contribution in [0.15, 0.2) is 84.9 Å². The summed E-state index contributed by atoms with van der Waals surface area (Å²) in [7, 11) is 0. The van der Waals surface area contributed by atoms with E-state index in [4.69, 9.17) is 9.47 Å². The number of benzene rings is 2. The molecule has 26 heavy (non-hydrogen) atoms. The molecule has 0 atom stereocenters. The lowest BCUT2D eigenvalue weighted by Crippen LogP contribution is -1.94. The highest BCUT2D eigenvalue weighted by Gasteiger charge is 2.09. The number of nitrogens with zero attached hydrogens (tertiary/aromatic N) is 2. The lowest BCUT2D eigenvalue weighted by Gasteiger charge is -2.12. The molecule has 0 amide bonds. The topological polar surface area (TPSA) is 44.2 Å². The second kappa shape index (κ2) is 6.01. The first-order valence-electron chi connectivity index (χ1n) is 8.34. The quantitative estimate of drug-likeness (QED) is 0.363. The Hall–Kier alpha value is -3.66. The van der Waals surface area contributed by atoms with Gasteiger partial charge in [-0.25, -0.2) is 9.97 Å². The Morgan fingerprint density at radius 1 is 0.500 bits per heavy atom. The first-order chi connectivity index (χ1) is 12.8. The number of hydrogen-bond donors (Lipinski definition) is 0. The molecule has 2 aromatic carbocycles. The van der Waals surface area contributed by atoms with Gasteiger partial charge in [0.15, 0.2) is 0 Å². The number of rotatable bonds is 0. The summed E-state index contributed by atoms with van der Waals surface area (Å²) < 4.78 is 12.0. The van der Waals surface area contributed by atoms with Gasteiger partial charge in [0, 0.05) is 23.3 Å². The smallest absolute Gasteiger partial charge is 0.219 e. The summed E-state index contributed by atoms with van der Waals surface area (Å²) in [6, 6.07) is 27.1. The van der Waals surface area contributed by atoms with E-state index in [0.29, 0.717) is 23.3 Å². The molecule has 1 aliphatic rings. The van der Waals surface area contributed by atoms with Gasteiger partial charge in [-0.15, -0.1) is 0 Å². The molecule has 0 radical (unpaired) electrons. The Morgan fingerprint density at radius 3 is 1.46 bits per heavy atom. The molecule has 1 aliphatic heterocycles. The molecule has 3 heterocycles. The molecule has 0 unspecified atom stereocenters. The van der Waals surface area contributed by atoms with E-state index in [2.05, 4.69) is 9.97 Å². The molecule has 124 valence electrons. The molecule has 5 rings (SSSR count). The van der Waals surface area contributed by atoms with Crippen LogP contribution in [0.4, 0.5) is 0 Å². The van der Waals surface area contributed by atoms with Crippen LogP contribution in [0.3, 0.4) is 0 Å². The van der Waals surface area contributed by atoms with E-state index in [1.807, 2.05) is 84.9 Å². The van der Waals surface area contributed by atoms with Gasteiger partial charge in [-0.3, -0.25) is 0 Å². The molecule has 8 bridgehead atoms. The van der Waals surface area contributed by atoms with E-state index in [9.17, 15) is 0 Å². The molecule has 0 aliphatic carbocycles. The Morgan fingerprint density at radius 2 is 0.962 bits per heavy atom. The van der Waals surface area contributed by atoms with Crippen LogP contribution >= 0.6 is 0 Å². The van der Waals surface area contributed by atoms with Crippen LogP contribution < -0.4 is 9.47 Å². The largest absolute Gasteiger partial charge is 0.439 e. The Balaban J connectivity index is 1.73. The number of fused-ring (bicyclic) bond motifs is 10. The first-order valence-corrected chi connectivity index (χ1v) is 8.34. The van der Waals surface area contributed by atoms with Crippen molar-refractivity contribution in [2.75, 3.05) is 0 Å². The van der Waals surface area contributed by atoms with E-state index in [1.54, 1.807) is 0 Å². The highest BCUT2D eigenvalue weighted by Crippen LogP contribution is 2.31. The third-order valence-electron chi connectivity index (χ3n) is 4.15. The molecule has 4 aromatic rings. The number of hydrogen-bond acceptors (Lipinski definition) is 4. The SMILES string of the molecule is c1cc2cc(c1)-c1cccc(n1)Oc1cccc(c1)-c1cccc(n1)O2. The summed E-state index contributed by atoms with van der Waals surface area (Å²) in [5.74, 6) is 2.52. The van der Waals surface area contributed by atoms with Crippen LogP contribution in [0.5, 0.6) is 23.3 Å². The van der Waals surface area contributed by atoms with E-state index in [0.717, 1.165) is 22.5 Å². The van der Waals surface area contributed by atoms with Gasteiger partial charge in [-0.1, -0.05) is 36.4 Å². The summed E-state index contributed by atoms with van der Waals surface area (Å²) in [5.41, 5.74) is 3.55. The maximum Gasteiger partial charge on any atom is 0.219 e. The molecule has 0 saturated carbocycles. The van der Waals surface area contributed by atoms with Gasteiger partial charge in [0.1, 0.15) is 11.5 Å². The summed E-state index contributed by atoms with van der Waals surface area (Å²) in [6.07, 6.45) is 0. The highest BCUT2D eigenvalue weighted by atomic mass is 16.5. The standard InChI is InChI=1S/C22H14N2O2/c1-5-15-13-17(7-1)25-21-11-4-10-20(24-21)16-6-2-8-18(14-16)26-22-12-3-9-19(15)23-22/h1-14H. The number of aromatic nitrogens is 2. The average molecular weight is 338 g/mol. The predicted octanol–water partition coefficient (Wildman–Crippen LogP) is 5.71. The van der Waals surface area contributed by atoms with Crippen LogP contribution in [0.25, 0.3) is 22.5 Å². The van der Waals surface area contributed by atoms with Gasteiger partial charge in [-0.05, 0) is 36.4 Å². The molecule has 0 N–H and O–H groups in total. The van der Waals surface area contributed by atoms with Crippen molar-refractivity contribution in [1.82, 2.24) is 9.97 Å². The Bertz CT molecular complexity index is 932. The lowest BCUT2D eigenvalue weighted by atomic mass is 10.1. The Kier molecular flexibility index (Phi) is 3.39. The second-order valence-electron chi connectivity index (χ2n) is 5.98. The van der Waals surface area contributed by atoms with Gasteiger partial charge in [0.25, 0.3) is 0 Å². The average Bonchev–Trinajstić information content (AvgIpc) is 2.68. The molecule has 0 spiro atoms. The van der Waals surface area contributed by atoms with Crippen LogP contribution in [0.2, 0.25) is 0 Å². The van der Waals surface area contributed by atoms with Crippen molar-refractivity contribution in [3.05, 3.63) is 84.9 Å². The van der Waals surface area contributed by atoms with Crippen molar-refractivity contribution < 1.29 is 9.47 Å². The molecule has 4 nitrogen and oxygen atoms in total. The van der Waals surface area contributed by atoms with Crippen molar-refractivity contribution in [2.24, 2.45) is 0 Å². The third-order valence-corrected chi connectivity index (χ3v) is 4.15. The van der Waals surface area contributed by atoms with Crippen LogP contribution in [0.1, 0.15) is 0 Å². The molecule has 0 saturated heterocycles. The van der Waals surface area contributed by atoms with Gasteiger partial charge in [-0.2, -0.15) is 0 Å². The maximum absolute atomic E-state index is 5.98. The summed E-state index contributed by atoms with van der Waals surface area (Å²) in [5, 5.41) is 0. The third kappa shape index (κ3) is 2.78. The summed E-state index contributed by atoms with van der Waals surface area (Å²) >= 11 is 0. The fourth-order valence-electron chi connectivity index (χ4n) is 2.94. The van der Waals surface area contributed by atoms with Crippen LogP contribution in [-0.4, -0.2) is 9.97 Å². The summed E-state index contributed by atoms with van der Waals surface area (Å²) in [4.78, 5) is 9.25. The van der Waals surface area contributed by atoms with Crippen molar-refractivity contribution >= 4 is 0 Å². The van der Waals surface area contributed by atoms with Crippen molar-refractivity contribution in [3.8, 4) is 45.8 Å². The van der Waals surface area contributed by atoms with Gasteiger partial charge in [0.2, 0.25) is 11.8 Å². The van der Waals surface area contributed by atoms with E-state index in [1.165, 1.54) is 0 Å². The molecular formula is C22H14N2O2. The first kappa shape index (κ1) is 14.7. The van der Waals surface area contributed by atoms with E-state index >= 15 is 0 Å². The minimum absolute atomic E-state index is 0.546. The van der Waals surface area contributed by atoms with Gasteiger partial charge < -0.3 is 9.47 Å². The minimum atomic E-state index is 0.546. The second-order valence-corrected chi connectivity index (χ2v) is 5.98. The van der Waals surface area contributed by atoms with Crippen molar-refractivity contribution in [2.45, 2.75) is 0 Å². The lowest BCUT2D eigenvalue weighted by molar-refractivity contribution is 0.461. The normalized spacial score (nSPS) is 11.7.